The number of hydrogen-bond donors (Lipinski definition) is 0. The molecule has 1 aliphatic rings. The number of likely N-dealkylation sites (N-methyl/N-ethyl adjacent to an activating group) is 1. The lowest BCUT2D eigenvalue weighted by Crippen LogP contribution is -2.41. The van der Waals surface area contributed by atoms with E-state index >= 15 is 0 Å². The summed E-state index contributed by atoms with van der Waals surface area (Å²) in [4.78, 5) is 18.8. The van der Waals surface area contributed by atoms with E-state index < -0.39 is 15.8 Å². The van der Waals surface area contributed by atoms with Crippen LogP contribution in [-0.2, 0) is 21.1 Å². The number of rotatable bonds is 5. The van der Waals surface area contributed by atoms with E-state index in [0.29, 0.717) is 18.4 Å². The summed E-state index contributed by atoms with van der Waals surface area (Å²) >= 11 is 0. The summed E-state index contributed by atoms with van der Waals surface area (Å²) in [7, 11) is -1.44. The molecule has 1 aliphatic heterocycles. The van der Waals surface area contributed by atoms with Crippen molar-refractivity contribution >= 4 is 15.7 Å². The summed E-state index contributed by atoms with van der Waals surface area (Å²) in [6.45, 7) is 0. The molecule has 5 nitrogen and oxygen atoms in total. The van der Waals surface area contributed by atoms with Gasteiger partial charge in [0, 0.05) is 25.5 Å². The monoisotopic (exact) mass is 376 g/mol. The highest BCUT2D eigenvalue weighted by atomic mass is 32.2. The molecule has 1 aromatic carbocycles. The zero-order valence-corrected chi connectivity index (χ0v) is 15.3. The van der Waals surface area contributed by atoms with Crippen molar-refractivity contribution in [1.29, 1.82) is 0 Å². The smallest absolute Gasteiger partial charge is 0.230 e. The van der Waals surface area contributed by atoms with E-state index in [0.717, 1.165) is 5.56 Å². The number of hydrogen-bond acceptors (Lipinski definition) is 4. The number of sulfone groups is 1. The van der Waals surface area contributed by atoms with Crippen molar-refractivity contribution in [2.45, 2.75) is 24.8 Å². The largest absolute Gasteiger partial charge is 0.341 e. The normalized spacial score (nSPS) is 19.8. The van der Waals surface area contributed by atoms with Crippen molar-refractivity contribution in [3.63, 3.8) is 0 Å². The SMILES string of the molecule is CN(C(=O)C(Cc1cccnc1)c1ccc(F)cc1)C1CCS(=O)(=O)C1. The molecule has 1 fully saturated rings. The van der Waals surface area contributed by atoms with E-state index in [4.69, 9.17) is 0 Å². The molecular weight excluding hydrogens is 355 g/mol. The van der Waals surface area contributed by atoms with E-state index in [2.05, 4.69) is 4.98 Å². The molecule has 0 radical (unpaired) electrons. The highest BCUT2D eigenvalue weighted by molar-refractivity contribution is 7.91. The molecule has 1 amide bonds. The molecule has 138 valence electrons. The summed E-state index contributed by atoms with van der Waals surface area (Å²) in [6.07, 6.45) is 4.23. The fourth-order valence-electron chi connectivity index (χ4n) is 3.30. The molecule has 2 heterocycles. The van der Waals surface area contributed by atoms with Crippen LogP contribution in [0, 0.1) is 5.82 Å². The number of benzene rings is 1. The molecule has 2 aromatic rings. The van der Waals surface area contributed by atoms with Gasteiger partial charge in [0.15, 0.2) is 9.84 Å². The summed E-state index contributed by atoms with van der Waals surface area (Å²) < 4.78 is 36.8. The van der Waals surface area contributed by atoms with Crippen LogP contribution in [-0.4, -0.2) is 48.8 Å². The van der Waals surface area contributed by atoms with Gasteiger partial charge in [-0.15, -0.1) is 0 Å². The maximum Gasteiger partial charge on any atom is 0.230 e. The van der Waals surface area contributed by atoms with Crippen molar-refractivity contribution in [2.75, 3.05) is 18.6 Å². The van der Waals surface area contributed by atoms with E-state index in [1.54, 1.807) is 37.6 Å². The third-order valence-electron chi connectivity index (χ3n) is 4.84. The molecule has 0 bridgehead atoms. The summed E-state index contributed by atoms with van der Waals surface area (Å²) in [6, 6.07) is 9.24. The zero-order valence-electron chi connectivity index (χ0n) is 14.5. The topological polar surface area (TPSA) is 67.3 Å². The van der Waals surface area contributed by atoms with E-state index in [1.807, 2.05) is 6.07 Å². The molecule has 3 rings (SSSR count). The minimum atomic E-state index is -3.08. The van der Waals surface area contributed by atoms with Gasteiger partial charge in [-0.3, -0.25) is 9.78 Å². The zero-order chi connectivity index (χ0) is 18.7. The predicted molar refractivity (Wildman–Crippen MR) is 96.9 cm³/mol. The van der Waals surface area contributed by atoms with Gasteiger partial charge in [0.05, 0.1) is 17.4 Å². The highest BCUT2D eigenvalue weighted by Crippen LogP contribution is 2.26. The summed E-state index contributed by atoms with van der Waals surface area (Å²) in [5.74, 6) is -0.940. The van der Waals surface area contributed by atoms with E-state index in [-0.39, 0.29) is 29.3 Å². The molecule has 0 saturated carbocycles. The van der Waals surface area contributed by atoms with Crippen molar-refractivity contribution in [2.24, 2.45) is 0 Å². The van der Waals surface area contributed by atoms with Gasteiger partial charge in [0.25, 0.3) is 0 Å². The summed E-state index contributed by atoms with van der Waals surface area (Å²) in [5.41, 5.74) is 1.59. The van der Waals surface area contributed by atoms with Crippen molar-refractivity contribution < 1.29 is 17.6 Å². The van der Waals surface area contributed by atoms with Crippen LogP contribution >= 0.6 is 0 Å². The quantitative estimate of drug-likeness (QED) is 0.802. The Labute approximate surface area is 152 Å². The number of aromatic nitrogens is 1. The van der Waals surface area contributed by atoms with Crippen LogP contribution in [0.1, 0.15) is 23.5 Å². The molecule has 1 saturated heterocycles. The lowest BCUT2D eigenvalue weighted by atomic mass is 9.91. The molecule has 2 unspecified atom stereocenters. The molecule has 26 heavy (non-hydrogen) atoms. The second kappa shape index (κ2) is 7.53. The number of pyridine rings is 1. The van der Waals surface area contributed by atoms with Crippen molar-refractivity contribution in [3.05, 3.63) is 65.7 Å². The van der Waals surface area contributed by atoms with Crippen LogP contribution in [0.5, 0.6) is 0 Å². The van der Waals surface area contributed by atoms with Gasteiger partial charge in [0.2, 0.25) is 5.91 Å². The van der Waals surface area contributed by atoms with Crippen LogP contribution in [0.2, 0.25) is 0 Å². The fraction of sp³-hybridized carbons (Fsp3) is 0.368. The minimum absolute atomic E-state index is 0.00172. The van der Waals surface area contributed by atoms with Crippen molar-refractivity contribution in [3.8, 4) is 0 Å². The molecule has 0 aliphatic carbocycles. The van der Waals surface area contributed by atoms with Gasteiger partial charge < -0.3 is 4.90 Å². The Morgan fingerprint density at radius 2 is 2.04 bits per heavy atom. The summed E-state index contributed by atoms with van der Waals surface area (Å²) in [5, 5.41) is 0. The Morgan fingerprint density at radius 3 is 2.62 bits per heavy atom. The van der Waals surface area contributed by atoms with Crippen LogP contribution in [0.15, 0.2) is 48.8 Å². The third kappa shape index (κ3) is 4.27. The Hall–Kier alpha value is -2.28. The lowest BCUT2D eigenvalue weighted by molar-refractivity contribution is -0.133. The standard InChI is InChI=1S/C19H21FN2O3S/c1-22(17-8-10-26(24,25)13-17)19(23)18(11-14-3-2-9-21-12-14)15-4-6-16(20)7-5-15/h2-7,9,12,17-18H,8,10-11,13H2,1H3. The number of halogens is 1. The predicted octanol–water partition coefficient (Wildman–Crippen LogP) is 2.19. The molecule has 2 atom stereocenters. The molecule has 7 heteroatoms. The number of nitrogens with zero attached hydrogens (tertiary/aromatic N) is 2. The highest BCUT2D eigenvalue weighted by Gasteiger charge is 2.35. The van der Waals surface area contributed by atoms with E-state index in [1.165, 1.54) is 17.0 Å². The maximum absolute atomic E-state index is 13.3. The van der Waals surface area contributed by atoms with Crippen LogP contribution < -0.4 is 0 Å². The first-order chi connectivity index (χ1) is 12.4. The van der Waals surface area contributed by atoms with Gasteiger partial charge in [-0.2, -0.15) is 0 Å². The van der Waals surface area contributed by atoms with Crippen molar-refractivity contribution in [1.82, 2.24) is 9.88 Å². The third-order valence-corrected chi connectivity index (χ3v) is 6.59. The average Bonchev–Trinajstić information content (AvgIpc) is 3.00. The Balaban J connectivity index is 1.86. The second-order valence-corrected chi connectivity index (χ2v) is 8.90. The number of amides is 1. The van der Waals surface area contributed by atoms with Gasteiger partial charge in [-0.05, 0) is 42.2 Å². The first-order valence-corrected chi connectivity index (χ1v) is 10.3. The molecule has 1 aromatic heterocycles. The average molecular weight is 376 g/mol. The second-order valence-electron chi connectivity index (χ2n) is 6.68. The van der Waals surface area contributed by atoms with Gasteiger partial charge in [-0.1, -0.05) is 18.2 Å². The Kier molecular flexibility index (Phi) is 5.36. The fourth-order valence-corrected chi connectivity index (χ4v) is 5.08. The van der Waals surface area contributed by atoms with E-state index in [9.17, 15) is 17.6 Å². The first kappa shape index (κ1) is 18.5. The Morgan fingerprint density at radius 1 is 1.31 bits per heavy atom. The van der Waals surface area contributed by atoms with Gasteiger partial charge >= 0.3 is 0 Å². The maximum atomic E-state index is 13.3. The molecule has 0 N–H and O–H groups in total. The van der Waals surface area contributed by atoms with Gasteiger partial charge in [-0.25, -0.2) is 12.8 Å². The number of carbonyl (C=O) groups is 1. The van der Waals surface area contributed by atoms with Crippen LogP contribution in [0.3, 0.4) is 0 Å². The minimum Gasteiger partial charge on any atom is -0.341 e. The first-order valence-electron chi connectivity index (χ1n) is 8.47. The Bertz CT molecular complexity index is 869. The molecular formula is C19H21FN2O3S. The van der Waals surface area contributed by atoms with Crippen LogP contribution in [0.4, 0.5) is 4.39 Å². The van der Waals surface area contributed by atoms with Gasteiger partial charge in [0.1, 0.15) is 5.82 Å². The lowest BCUT2D eigenvalue weighted by Gasteiger charge is -2.28. The molecule has 0 spiro atoms. The number of carbonyl (C=O) groups excluding carboxylic acids is 1. The van der Waals surface area contributed by atoms with Crippen LogP contribution in [0.25, 0.3) is 0 Å².